The van der Waals surface area contributed by atoms with E-state index in [1.165, 1.54) is 4.57 Å². The van der Waals surface area contributed by atoms with Gasteiger partial charge in [-0.3, -0.25) is 14.6 Å². The van der Waals surface area contributed by atoms with Crippen LogP contribution in [-0.4, -0.2) is 21.3 Å². The lowest BCUT2D eigenvalue weighted by Crippen LogP contribution is -2.32. The van der Waals surface area contributed by atoms with Gasteiger partial charge in [0.2, 0.25) is 5.91 Å². The Bertz CT molecular complexity index is 1000. The van der Waals surface area contributed by atoms with Gasteiger partial charge in [-0.1, -0.05) is 36.4 Å². The van der Waals surface area contributed by atoms with Gasteiger partial charge in [0, 0.05) is 11.5 Å². The van der Waals surface area contributed by atoms with E-state index in [1.807, 2.05) is 30.3 Å². The summed E-state index contributed by atoms with van der Waals surface area (Å²) in [6.45, 7) is 0. The van der Waals surface area contributed by atoms with Crippen molar-refractivity contribution in [2.75, 3.05) is 11.2 Å². The van der Waals surface area contributed by atoms with Crippen LogP contribution in [0.25, 0.3) is 16.5 Å². The van der Waals surface area contributed by atoms with Crippen LogP contribution in [0.3, 0.4) is 0 Å². The number of halogens is 1. The second kappa shape index (κ2) is 6.10. The third kappa shape index (κ3) is 2.89. The van der Waals surface area contributed by atoms with E-state index < -0.39 is 17.2 Å². The number of anilines is 1. The molecular weight excluding hydrogens is 318 g/mol. The Labute approximate surface area is 135 Å². The number of aromatic amines is 1. The number of hydrogen-bond donors (Lipinski definition) is 2. The van der Waals surface area contributed by atoms with E-state index in [0.717, 1.165) is 16.8 Å². The van der Waals surface area contributed by atoms with Gasteiger partial charge < -0.3 is 5.32 Å². The zero-order valence-corrected chi connectivity index (χ0v) is 12.6. The Kier molecular flexibility index (Phi) is 3.99. The zero-order chi connectivity index (χ0) is 16.4. The molecule has 1 amide bonds. The summed E-state index contributed by atoms with van der Waals surface area (Å²) in [5.74, 6) is -0.720. The number of benzene rings is 2. The molecule has 0 aliphatic rings. The lowest BCUT2D eigenvalue weighted by atomic mass is 10.1. The largest absolute Gasteiger partial charge is 0.334 e. The molecule has 0 aliphatic heterocycles. The molecule has 2 N–H and O–H groups in total. The van der Waals surface area contributed by atoms with Crippen LogP contribution in [0.15, 0.2) is 58.1 Å². The van der Waals surface area contributed by atoms with Crippen molar-refractivity contribution < 1.29 is 4.79 Å². The second-order valence-electron chi connectivity index (χ2n) is 4.84. The molecule has 6 nitrogen and oxygen atoms in total. The van der Waals surface area contributed by atoms with Crippen molar-refractivity contribution >= 4 is 34.1 Å². The SMILES string of the molecule is O=C(CCl)Nc1cc(=O)[nH]c(=O)n1-c1cccc2ccccc12. The van der Waals surface area contributed by atoms with Crippen LogP contribution in [0.1, 0.15) is 0 Å². The van der Waals surface area contributed by atoms with Crippen molar-refractivity contribution in [1.29, 1.82) is 0 Å². The van der Waals surface area contributed by atoms with Crippen molar-refractivity contribution in [2.24, 2.45) is 0 Å². The fourth-order valence-electron chi connectivity index (χ4n) is 2.41. The van der Waals surface area contributed by atoms with Crippen LogP contribution < -0.4 is 16.6 Å². The number of carbonyl (C=O) groups is 1. The van der Waals surface area contributed by atoms with Crippen LogP contribution in [0.5, 0.6) is 0 Å². The van der Waals surface area contributed by atoms with Crippen LogP contribution in [0.4, 0.5) is 5.82 Å². The number of H-pyrrole nitrogens is 1. The average Bonchev–Trinajstić information content (AvgIpc) is 2.54. The van der Waals surface area contributed by atoms with Crippen molar-refractivity contribution in [3.8, 4) is 5.69 Å². The van der Waals surface area contributed by atoms with Crippen molar-refractivity contribution in [1.82, 2.24) is 9.55 Å². The highest BCUT2D eigenvalue weighted by molar-refractivity contribution is 6.29. The molecule has 0 bridgehead atoms. The number of aromatic nitrogens is 2. The quantitative estimate of drug-likeness (QED) is 0.719. The maximum Gasteiger partial charge on any atom is 0.334 e. The lowest BCUT2D eigenvalue weighted by Gasteiger charge is -2.14. The molecule has 0 saturated heterocycles. The van der Waals surface area contributed by atoms with Crippen molar-refractivity contribution in [3.05, 3.63) is 69.4 Å². The van der Waals surface area contributed by atoms with Gasteiger partial charge in [-0.15, -0.1) is 11.6 Å². The number of carbonyl (C=O) groups excluding carboxylic acids is 1. The molecule has 7 heteroatoms. The first kappa shape index (κ1) is 15.1. The number of hydrogen-bond acceptors (Lipinski definition) is 3. The average molecular weight is 330 g/mol. The Morgan fingerprint density at radius 1 is 1.13 bits per heavy atom. The number of nitrogens with one attached hydrogen (secondary N) is 2. The third-order valence-electron chi connectivity index (χ3n) is 3.34. The number of nitrogens with zero attached hydrogens (tertiary/aromatic N) is 1. The summed E-state index contributed by atoms with van der Waals surface area (Å²) in [7, 11) is 0. The third-order valence-corrected chi connectivity index (χ3v) is 3.58. The van der Waals surface area contributed by atoms with Crippen LogP contribution in [-0.2, 0) is 4.79 Å². The number of rotatable bonds is 3. The van der Waals surface area contributed by atoms with Gasteiger partial charge in [-0.25, -0.2) is 9.36 Å². The maximum absolute atomic E-state index is 12.3. The molecular formula is C16H12ClN3O3. The Balaban J connectivity index is 2.32. The monoisotopic (exact) mass is 329 g/mol. The van der Waals surface area contributed by atoms with Crippen LogP contribution >= 0.6 is 11.6 Å². The second-order valence-corrected chi connectivity index (χ2v) is 5.11. The highest BCUT2D eigenvalue weighted by atomic mass is 35.5. The number of alkyl halides is 1. The number of fused-ring (bicyclic) bond motifs is 1. The standard InChI is InChI=1S/C16H12ClN3O3/c17-9-15(22)18-13-8-14(21)19-16(23)20(13)12-7-3-5-10-4-1-2-6-11(10)12/h1-8H,9H2,(H,18,22)(H,19,21,23). The minimum atomic E-state index is -0.640. The van der Waals surface area contributed by atoms with Crippen molar-refractivity contribution in [2.45, 2.75) is 0 Å². The molecule has 2 aromatic carbocycles. The zero-order valence-electron chi connectivity index (χ0n) is 11.9. The summed E-state index contributed by atoms with van der Waals surface area (Å²) < 4.78 is 1.24. The minimum absolute atomic E-state index is 0.0701. The Morgan fingerprint density at radius 2 is 1.87 bits per heavy atom. The molecule has 116 valence electrons. The molecule has 0 saturated carbocycles. The lowest BCUT2D eigenvalue weighted by molar-refractivity contribution is -0.114. The van der Waals surface area contributed by atoms with E-state index in [-0.39, 0.29) is 11.7 Å². The topological polar surface area (TPSA) is 84.0 Å². The normalized spacial score (nSPS) is 10.7. The predicted molar refractivity (Wildman–Crippen MR) is 89.5 cm³/mol. The summed E-state index contributed by atoms with van der Waals surface area (Å²) in [5, 5.41) is 4.22. The first-order valence-corrected chi connectivity index (χ1v) is 7.34. The predicted octanol–water partition coefficient (Wildman–Crippen LogP) is 1.86. The smallest absolute Gasteiger partial charge is 0.310 e. The van der Waals surface area contributed by atoms with Gasteiger partial charge in [0.1, 0.15) is 11.7 Å². The highest BCUT2D eigenvalue weighted by Gasteiger charge is 2.13. The molecule has 1 heterocycles. The summed E-state index contributed by atoms with van der Waals surface area (Å²) in [6.07, 6.45) is 0. The van der Waals surface area contributed by atoms with Crippen molar-refractivity contribution in [3.63, 3.8) is 0 Å². The maximum atomic E-state index is 12.3. The van der Waals surface area contributed by atoms with Gasteiger partial charge in [0.25, 0.3) is 5.56 Å². The number of amides is 1. The molecule has 0 aliphatic carbocycles. The van der Waals surface area contributed by atoms with E-state index in [2.05, 4.69) is 10.3 Å². The van der Waals surface area contributed by atoms with E-state index in [9.17, 15) is 14.4 Å². The van der Waals surface area contributed by atoms with E-state index in [4.69, 9.17) is 11.6 Å². The molecule has 1 aromatic heterocycles. The van der Waals surface area contributed by atoms with Gasteiger partial charge in [-0.05, 0) is 11.5 Å². The highest BCUT2D eigenvalue weighted by Crippen LogP contribution is 2.23. The molecule has 0 radical (unpaired) electrons. The van der Waals surface area contributed by atoms with E-state index in [1.54, 1.807) is 12.1 Å². The summed E-state index contributed by atoms with van der Waals surface area (Å²) >= 11 is 5.49. The minimum Gasteiger partial charge on any atom is -0.310 e. The molecule has 3 rings (SSSR count). The van der Waals surface area contributed by atoms with Gasteiger partial charge in [0.05, 0.1) is 5.69 Å². The first-order chi connectivity index (χ1) is 11.1. The fourth-order valence-corrected chi connectivity index (χ4v) is 2.47. The Morgan fingerprint density at radius 3 is 2.65 bits per heavy atom. The summed E-state index contributed by atoms with van der Waals surface area (Å²) in [4.78, 5) is 37.7. The molecule has 23 heavy (non-hydrogen) atoms. The molecule has 0 unspecified atom stereocenters. The first-order valence-electron chi connectivity index (χ1n) is 6.80. The van der Waals surface area contributed by atoms with Gasteiger partial charge in [0.15, 0.2) is 0 Å². The van der Waals surface area contributed by atoms with Crippen LogP contribution in [0.2, 0.25) is 0 Å². The molecule has 0 atom stereocenters. The summed E-state index contributed by atoms with van der Waals surface area (Å²) in [6, 6.07) is 14.1. The van der Waals surface area contributed by atoms with E-state index in [0.29, 0.717) is 5.69 Å². The molecule has 3 aromatic rings. The Hall–Kier alpha value is -2.86. The fraction of sp³-hybridized carbons (Fsp3) is 0.0625. The molecule has 0 spiro atoms. The molecule has 0 fully saturated rings. The van der Waals surface area contributed by atoms with Gasteiger partial charge in [-0.2, -0.15) is 0 Å². The van der Waals surface area contributed by atoms with Crippen LogP contribution in [0, 0.1) is 0 Å². The van der Waals surface area contributed by atoms with Gasteiger partial charge >= 0.3 is 5.69 Å². The van der Waals surface area contributed by atoms with E-state index >= 15 is 0 Å². The summed E-state index contributed by atoms with van der Waals surface area (Å²) in [5.41, 5.74) is -0.690.